The lowest BCUT2D eigenvalue weighted by Gasteiger charge is -2.66. The van der Waals surface area contributed by atoms with Gasteiger partial charge in [0.25, 0.3) is 0 Å². The zero-order valence-corrected chi connectivity index (χ0v) is 19.5. The first kappa shape index (κ1) is 20.9. The van der Waals surface area contributed by atoms with E-state index in [1.807, 2.05) is 0 Å². The molecule has 0 aromatic heterocycles. The van der Waals surface area contributed by atoms with Gasteiger partial charge in [-0.25, -0.2) is 0 Å². The third-order valence-corrected chi connectivity index (χ3v) is 9.79. The highest BCUT2D eigenvalue weighted by Gasteiger charge is 2.78. The van der Waals surface area contributed by atoms with Crippen molar-refractivity contribution >= 4 is 0 Å². The van der Waals surface area contributed by atoms with E-state index in [1.54, 1.807) is 20.0 Å². The van der Waals surface area contributed by atoms with Crippen molar-refractivity contribution in [2.45, 2.75) is 102 Å². The quantitative estimate of drug-likeness (QED) is 0.319. The number of methoxy groups -OCH3 is 1. The minimum Gasteiger partial charge on any atom is -0.497 e. The number of nitrogens with zero attached hydrogens (tertiary/aromatic N) is 1. The Kier molecular flexibility index (Phi) is 5.90. The van der Waals surface area contributed by atoms with Crippen molar-refractivity contribution < 1.29 is 4.74 Å². The van der Waals surface area contributed by atoms with Gasteiger partial charge in [-0.2, -0.15) is 0 Å². The van der Waals surface area contributed by atoms with Crippen LogP contribution in [0.1, 0.15) is 96.0 Å². The van der Waals surface area contributed by atoms with Crippen LogP contribution < -0.4 is 4.74 Å². The van der Waals surface area contributed by atoms with E-state index < -0.39 is 0 Å². The molecular weight excluding hydrogens is 366 g/mol. The third-order valence-electron chi connectivity index (χ3n) is 9.79. The molecule has 4 saturated carbocycles. The molecule has 2 atom stereocenters. The summed E-state index contributed by atoms with van der Waals surface area (Å²) in [6, 6.07) is 8.88. The van der Waals surface area contributed by atoms with Crippen molar-refractivity contribution in [3.63, 3.8) is 0 Å². The Morgan fingerprint density at radius 1 is 0.867 bits per heavy atom. The number of hydrogen-bond acceptors (Lipinski definition) is 2. The molecule has 0 aliphatic heterocycles. The van der Waals surface area contributed by atoms with Crippen LogP contribution in [0.4, 0.5) is 0 Å². The normalized spacial score (nSPS) is 35.2. The molecule has 0 amide bonds. The summed E-state index contributed by atoms with van der Waals surface area (Å²) in [6.07, 6.45) is 19.0. The van der Waals surface area contributed by atoms with Gasteiger partial charge in [0.1, 0.15) is 5.75 Å². The molecule has 1 aromatic rings. The molecule has 4 aliphatic carbocycles. The van der Waals surface area contributed by atoms with Crippen molar-refractivity contribution in [1.29, 1.82) is 0 Å². The molecule has 0 radical (unpaired) electrons. The molecule has 2 unspecified atom stereocenters. The zero-order valence-electron chi connectivity index (χ0n) is 19.5. The summed E-state index contributed by atoms with van der Waals surface area (Å²) >= 11 is 0. The van der Waals surface area contributed by atoms with Crippen LogP contribution in [0.15, 0.2) is 24.3 Å². The lowest BCUT2D eigenvalue weighted by molar-refractivity contribution is -0.178. The minimum atomic E-state index is 0.529. The Morgan fingerprint density at radius 3 is 2.07 bits per heavy atom. The van der Waals surface area contributed by atoms with Crippen LogP contribution >= 0.6 is 0 Å². The summed E-state index contributed by atoms with van der Waals surface area (Å²) < 4.78 is 5.39. The molecule has 30 heavy (non-hydrogen) atoms. The van der Waals surface area contributed by atoms with Crippen LogP contribution in [0.5, 0.6) is 5.75 Å². The van der Waals surface area contributed by atoms with E-state index in [1.165, 1.54) is 82.7 Å². The van der Waals surface area contributed by atoms with Gasteiger partial charge in [-0.15, -0.1) is 0 Å². The summed E-state index contributed by atoms with van der Waals surface area (Å²) in [5, 5.41) is 0. The number of unbranched alkanes of at least 4 members (excludes halogenated alkanes) is 7. The first-order valence-electron chi connectivity index (χ1n) is 13.1. The van der Waals surface area contributed by atoms with Gasteiger partial charge in [-0.05, 0) is 85.9 Å². The highest BCUT2D eigenvalue weighted by molar-refractivity contribution is 5.31. The molecule has 1 spiro atoms. The summed E-state index contributed by atoms with van der Waals surface area (Å²) in [4.78, 5) is 2.97. The van der Waals surface area contributed by atoms with Gasteiger partial charge in [0.2, 0.25) is 0 Å². The first-order chi connectivity index (χ1) is 14.7. The number of fused-ring (bicyclic) bond motifs is 1. The van der Waals surface area contributed by atoms with Gasteiger partial charge in [-0.1, -0.05) is 64.0 Å². The fourth-order valence-corrected chi connectivity index (χ4v) is 8.28. The van der Waals surface area contributed by atoms with E-state index in [9.17, 15) is 0 Å². The monoisotopic (exact) mass is 409 g/mol. The lowest BCUT2D eigenvalue weighted by atomic mass is 9.38. The second-order valence-corrected chi connectivity index (χ2v) is 11.2. The molecule has 0 saturated heterocycles. The standard InChI is InChI=1S/C28H43NO/c1-3-4-5-6-7-8-9-10-15-29(20-22-11-13-26(30-2)14-12-22)27-18-24-16-23-17-25(19-27)28(23,24)21-27/h11-14,23-25H,3-10,15-21H2,1-2H3. The summed E-state index contributed by atoms with van der Waals surface area (Å²) in [7, 11) is 1.76. The van der Waals surface area contributed by atoms with Crippen molar-refractivity contribution in [3.8, 4) is 5.75 Å². The van der Waals surface area contributed by atoms with Crippen LogP contribution in [-0.4, -0.2) is 24.1 Å². The van der Waals surface area contributed by atoms with Gasteiger partial charge in [0.15, 0.2) is 0 Å². The topological polar surface area (TPSA) is 12.5 Å². The highest BCUT2D eigenvalue weighted by atomic mass is 16.5. The molecular formula is C28H43NO. The second-order valence-electron chi connectivity index (χ2n) is 11.2. The zero-order chi connectivity index (χ0) is 20.6. The number of rotatable bonds is 13. The highest BCUT2D eigenvalue weighted by Crippen LogP contribution is 2.83. The van der Waals surface area contributed by atoms with Crippen molar-refractivity contribution in [3.05, 3.63) is 29.8 Å². The maximum Gasteiger partial charge on any atom is 0.118 e. The number of ether oxygens (including phenoxy) is 1. The average Bonchev–Trinajstić information content (AvgIpc) is 3.23. The molecule has 2 heteroatoms. The summed E-state index contributed by atoms with van der Waals surface area (Å²) in [6.45, 7) is 4.75. The van der Waals surface area contributed by atoms with Crippen LogP contribution in [0.25, 0.3) is 0 Å². The van der Waals surface area contributed by atoms with Crippen molar-refractivity contribution in [2.75, 3.05) is 13.7 Å². The van der Waals surface area contributed by atoms with E-state index in [-0.39, 0.29) is 0 Å². The average molecular weight is 410 g/mol. The molecule has 5 rings (SSSR count). The molecule has 2 bridgehead atoms. The molecule has 2 nitrogen and oxygen atoms in total. The fourth-order valence-electron chi connectivity index (χ4n) is 8.28. The number of hydrogen-bond donors (Lipinski definition) is 0. The Bertz CT molecular complexity index is 694. The van der Waals surface area contributed by atoms with E-state index in [0.717, 1.165) is 35.5 Å². The second kappa shape index (κ2) is 8.49. The molecule has 166 valence electrons. The van der Waals surface area contributed by atoms with Crippen molar-refractivity contribution in [2.24, 2.45) is 23.2 Å². The van der Waals surface area contributed by atoms with Gasteiger partial charge >= 0.3 is 0 Å². The Morgan fingerprint density at radius 2 is 1.50 bits per heavy atom. The van der Waals surface area contributed by atoms with Crippen LogP contribution in [-0.2, 0) is 6.54 Å². The van der Waals surface area contributed by atoms with Crippen LogP contribution in [0.2, 0.25) is 0 Å². The van der Waals surface area contributed by atoms with Crippen LogP contribution in [0, 0.1) is 23.2 Å². The SMILES string of the molecule is CCCCCCCCCCN(Cc1ccc(OC)cc1)C12CC3CC4CC(C1)C43C2. The summed E-state index contributed by atoms with van der Waals surface area (Å²) in [5.41, 5.74) is 2.82. The molecule has 0 N–H and O–H groups in total. The van der Waals surface area contributed by atoms with Crippen molar-refractivity contribution in [1.82, 2.24) is 4.90 Å². The minimum absolute atomic E-state index is 0.529. The fraction of sp³-hybridized carbons (Fsp3) is 0.786. The molecule has 1 aromatic carbocycles. The predicted octanol–water partition coefficient (Wildman–Crippen LogP) is 7.22. The smallest absolute Gasteiger partial charge is 0.118 e. The summed E-state index contributed by atoms with van der Waals surface area (Å²) in [5.74, 6) is 4.24. The Hall–Kier alpha value is -1.02. The van der Waals surface area contributed by atoms with E-state index in [0.29, 0.717) is 5.54 Å². The van der Waals surface area contributed by atoms with E-state index in [2.05, 4.69) is 36.1 Å². The maximum atomic E-state index is 5.39. The van der Waals surface area contributed by atoms with Gasteiger partial charge in [-0.3, -0.25) is 4.90 Å². The molecule has 4 fully saturated rings. The maximum absolute atomic E-state index is 5.39. The number of benzene rings is 1. The third kappa shape index (κ3) is 3.42. The van der Waals surface area contributed by atoms with Gasteiger partial charge in [0, 0.05) is 12.1 Å². The van der Waals surface area contributed by atoms with Crippen LogP contribution in [0.3, 0.4) is 0 Å². The first-order valence-corrected chi connectivity index (χ1v) is 13.1. The lowest BCUT2D eigenvalue weighted by Crippen LogP contribution is -2.60. The molecule has 4 aliphatic rings. The van der Waals surface area contributed by atoms with Gasteiger partial charge in [0.05, 0.1) is 7.11 Å². The predicted molar refractivity (Wildman–Crippen MR) is 125 cm³/mol. The van der Waals surface area contributed by atoms with E-state index >= 15 is 0 Å². The largest absolute Gasteiger partial charge is 0.497 e. The van der Waals surface area contributed by atoms with Gasteiger partial charge < -0.3 is 4.74 Å². The Balaban J connectivity index is 1.20. The Labute approximate surface area is 184 Å². The molecule has 0 heterocycles. The van der Waals surface area contributed by atoms with E-state index in [4.69, 9.17) is 4.74 Å².